The average molecular weight is 251 g/mol. The van der Waals surface area contributed by atoms with Crippen LogP contribution in [0.2, 0.25) is 0 Å². The normalized spacial score (nSPS) is 10.3. The van der Waals surface area contributed by atoms with E-state index >= 15 is 0 Å². The Morgan fingerprint density at radius 3 is 2.94 bits per heavy atom. The van der Waals surface area contributed by atoms with Crippen LogP contribution in [0.25, 0.3) is 0 Å². The second kappa shape index (κ2) is 4.67. The lowest BCUT2D eigenvalue weighted by molar-refractivity contribution is 0.0696. The number of aromatic carboxylic acids is 1. The quantitative estimate of drug-likeness (QED) is 0.909. The predicted octanol–water partition coefficient (Wildman–Crippen LogP) is 3.30. The van der Waals surface area contributed by atoms with Crippen molar-refractivity contribution in [2.75, 3.05) is 0 Å². The minimum Gasteiger partial charge on any atom is -0.478 e. The molecule has 0 bridgehead atoms. The summed E-state index contributed by atoms with van der Waals surface area (Å²) in [6, 6.07) is 6.86. The topological polar surface area (TPSA) is 50.2 Å². The Morgan fingerprint density at radius 2 is 2.31 bits per heavy atom. The Balaban J connectivity index is 2.21. The largest absolute Gasteiger partial charge is 0.478 e. The van der Waals surface area contributed by atoms with E-state index in [0.717, 1.165) is 14.9 Å². The first-order valence-corrected chi connectivity index (χ1v) is 6.28. The first-order chi connectivity index (χ1) is 7.65. The van der Waals surface area contributed by atoms with Crippen LogP contribution in [-0.4, -0.2) is 16.1 Å². The van der Waals surface area contributed by atoms with Gasteiger partial charge in [-0.25, -0.2) is 9.78 Å². The molecule has 0 spiro atoms. The van der Waals surface area contributed by atoms with Crippen molar-refractivity contribution in [2.24, 2.45) is 0 Å². The lowest BCUT2D eigenvalue weighted by atomic mass is 10.2. The highest BCUT2D eigenvalue weighted by Crippen LogP contribution is 2.30. The van der Waals surface area contributed by atoms with Crippen LogP contribution in [0.1, 0.15) is 16.1 Å². The summed E-state index contributed by atoms with van der Waals surface area (Å²) < 4.78 is 0.931. The fraction of sp³-hybridized carbons (Fsp3) is 0.0909. The molecule has 1 aromatic carbocycles. The summed E-state index contributed by atoms with van der Waals surface area (Å²) in [7, 11) is 0. The van der Waals surface area contributed by atoms with Crippen molar-refractivity contribution in [1.82, 2.24) is 4.98 Å². The van der Waals surface area contributed by atoms with Gasteiger partial charge in [0.05, 0.1) is 5.56 Å². The van der Waals surface area contributed by atoms with Crippen LogP contribution in [0, 0.1) is 6.92 Å². The standard InChI is InChI=1S/C11H9NO2S2/c1-7-6-15-11(12-7)16-9-4-2-3-8(5-9)10(13)14/h2-6H,1H3,(H,13,14). The molecule has 0 aliphatic carbocycles. The fourth-order valence-corrected chi connectivity index (χ4v) is 3.04. The molecule has 82 valence electrons. The van der Waals surface area contributed by atoms with E-state index in [2.05, 4.69) is 4.98 Å². The van der Waals surface area contributed by atoms with Gasteiger partial charge in [-0.3, -0.25) is 0 Å². The number of carboxylic acid groups (broad SMARTS) is 1. The van der Waals surface area contributed by atoms with Gasteiger partial charge in [-0.05, 0) is 25.1 Å². The van der Waals surface area contributed by atoms with Gasteiger partial charge in [0, 0.05) is 16.0 Å². The number of thiazole rings is 1. The zero-order chi connectivity index (χ0) is 11.5. The van der Waals surface area contributed by atoms with E-state index in [4.69, 9.17) is 5.11 Å². The van der Waals surface area contributed by atoms with Crippen LogP contribution in [0.5, 0.6) is 0 Å². The average Bonchev–Trinajstić information content (AvgIpc) is 2.64. The summed E-state index contributed by atoms with van der Waals surface area (Å²) in [5.74, 6) is -0.905. The SMILES string of the molecule is Cc1csc(Sc2cccc(C(=O)O)c2)n1. The molecule has 0 radical (unpaired) electrons. The van der Waals surface area contributed by atoms with E-state index in [0.29, 0.717) is 5.56 Å². The molecule has 2 aromatic rings. The molecular formula is C11H9NO2S2. The Bertz CT molecular complexity index is 522. The second-order valence-corrected chi connectivity index (χ2v) is 5.37. The molecule has 1 N–H and O–H groups in total. The lowest BCUT2D eigenvalue weighted by Crippen LogP contribution is -1.95. The van der Waals surface area contributed by atoms with Crippen LogP contribution >= 0.6 is 23.1 Å². The van der Waals surface area contributed by atoms with Gasteiger partial charge in [-0.2, -0.15) is 0 Å². The summed E-state index contributed by atoms with van der Waals surface area (Å²) in [5, 5.41) is 10.8. The summed E-state index contributed by atoms with van der Waals surface area (Å²) in [6.07, 6.45) is 0. The third-order valence-corrected chi connectivity index (χ3v) is 3.93. The van der Waals surface area contributed by atoms with Gasteiger partial charge in [-0.15, -0.1) is 11.3 Å². The van der Waals surface area contributed by atoms with E-state index in [-0.39, 0.29) is 0 Å². The summed E-state index contributed by atoms with van der Waals surface area (Å²) in [6.45, 7) is 1.94. The van der Waals surface area contributed by atoms with Gasteiger partial charge in [0.15, 0.2) is 4.34 Å². The maximum atomic E-state index is 10.8. The van der Waals surface area contributed by atoms with Crippen molar-refractivity contribution in [2.45, 2.75) is 16.2 Å². The fourth-order valence-electron chi connectivity index (χ4n) is 1.17. The molecule has 1 aromatic heterocycles. The Hall–Kier alpha value is -1.33. The monoisotopic (exact) mass is 251 g/mol. The highest BCUT2D eigenvalue weighted by Gasteiger charge is 2.06. The van der Waals surface area contributed by atoms with Crippen molar-refractivity contribution in [3.05, 3.63) is 40.9 Å². The molecule has 0 fully saturated rings. The van der Waals surface area contributed by atoms with Gasteiger partial charge >= 0.3 is 5.97 Å². The van der Waals surface area contributed by atoms with Gasteiger partial charge in [-0.1, -0.05) is 17.8 Å². The van der Waals surface area contributed by atoms with Crippen LogP contribution in [0.15, 0.2) is 38.9 Å². The van der Waals surface area contributed by atoms with Crippen LogP contribution in [0.3, 0.4) is 0 Å². The van der Waals surface area contributed by atoms with Crippen molar-refractivity contribution < 1.29 is 9.90 Å². The van der Waals surface area contributed by atoms with Crippen LogP contribution < -0.4 is 0 Å². The number of aromatic nitrogens is 1. The second-order valence-electron chi connectivity index (χ2n) is 3.19. The summed E-state index contributed by atoms with van der Waals surface area (Å²) >= 11 is 3.05. The Labute approximate surface area is 101 Å². The molecule has 0 amide bonds. The molecule has 0 aliphatic heterocycles. The minimum atomic E-state index is -0.905. The van der Waals surface area contributed by atoms with E-state index in [1.807, 2.05) is 18.4 Å². The molecule has 0 aliphatic rings. The molecule has 5 heteroatoms. The third-order valence-electron chi connectivity index (χ3n) is 1.88. The van der Waals surface area contributed by atoms with Crippen molar-refractivity contribution in [1.29, 1.82) is 0 Å². The van der Waals surface area contributed by atoms with E-state index in [1.54, 1.807) is 29.5 Å². The predicted molar refractivity (Wildman–Crippen MR) is 64.4 cm³/mol. The molecule has 16 heavy (non-hydrogen) atoms. The smallest absolute Gasteiger partial charge is 0.335 e. The number of aryl methyl sites for hydroxylation is 1. The number of carbonyl (C=O) groups is 1. The molecule has 1 heterocycles. The number of nitrogens with zero attached hydrogens (tertiary/aromatic N) is 1. The first kappa shape index (κ1) is 11.2. The number of hydrogen-bond acceptors (Lipinski definition) is 4. The van der Waals surface area contributed by atoms with Gasteiger partial charge in [0.25, 0.3) is 0 Å². The maximum Gasteiger partial charge on any atom is 0.335 e. The van der Waals surface area contributed by atoms with Crippen molar-refractivity contribution in [3.63, 3.8) is 0 Å². The third kappa shape index (κ3) is 2.62. The Morgan fingerprint density at radius 1 is 1.50 bits per heavy atom. The van der Waals surface area contributed by atoms with Crippen LogP contribution in [0.4, 0.5) is 0 Å². The highest BCUT2D eigenvalue weighted by atomic mass is 32.2. The van der Waals surface area contributed by atoms with Gasteiger partial charge in [0.2, 0.25) is 0 Å². The number of benzene rings is 1. The Kier molecular flexibility index (Phi) is 3.26. The number of hydrogen-bond donors (Lipinski definition) is 1. The van der Waals surface area contributed by atoms with Crippen LogP contribution in [-0.2, 0) is 0 Å². The summed E-state index contributed by atoms with van der Waals surface area (Å²) in [4.78, 5) is 16.0. The summed E-state index contributed by atoms with van der Waals surface area (Å²) in [5.41, 5.74) is 1.29. The molecule has 0 saturated carbocycles. The van der Waals surface area contributed by atoms with Gasteiger partial charge < -0.3 is 5.11 Å². The molecule has 0 unspecified atom stereocenters. The van der Waals surface area contributed by atoms with Crippen molar-refractivity contribution in [3.8, 4) is 0 Å². The molecule has 2 rings (SSSR count). The van der Waals surface area contributed by atoms with E-state index in [1.165, 1.54) is 11.8 Å². The maximum absolute atomic E-state index is 10.8. The molecular weight excluding hydrogens is 242 g/mol. The molecule has 3 nitrogen and oxygen atoms in total. The molecule has 0 saturated heterocycles. The van der Waals surface area contributed by atoms with Crippen molar-refractivity contribution >= 4 is 29.1 Å². The first-order valence-electron chi connectivity index (χ1n) is 4.58. The van der Waals surface area contributed by atoms with E-state index < -0.39 is 5.97 Å². The minimum absolute atomic E-state index is 0.304. The zero-order valence-electron chi connectivity index (χ0n) is 8.51. The zero-order valence-corrected chi connectivity index (χ0v) is 10.1. The number of carboxylic acids is 1. The lowest BCUT2D eigenvalue weighted by Gasteiger charge is -1.99. The highest BCUT2D eigenvalue weighted by molar-refractivity contribution is 8.01. The number of rotatable bonds is 3. The molecule has 0 atom stereocenters. The van der Waals surface area contributed by atoms with E-state index in [9.17, 15) is 4.79 Å². The van der Waals surface area contributed by atoms with Gasteiger partial charge in [0.1, 0.15) is 0 Å².